The molecule has 1 aliphatic heterocycles. The van der Waals surface area contributed by atoms with Crippen LogP contribution >= 0.6 is 0 Å². The van der Waals surface area contributed by atoms with Crippen LogP contribution in [0.3, 0.4) is 0 Å². The Morgan fingerprint density at radius 3 is 1.82 bits per heavy atom. The number of carbonyl (C=O) groups is 1. The van der Waals surface area contributed by atoms with Crippen LogP contribution in [-0.2, 0) is 4.79 Å². The minimum absolute atomic E-state index is 0.842. The van der Waals surface area contributed by atoms with Crippen molar-refractivity contribution in [2.45, 2.75) is 44.7 Å². The molecule has 1 spiro atoms. The zero-order chi connectivity index (χ0) is 12.9. The highest BCUT2D eigenvalue weighted by Crippen LogP contribution is 2.43. The van der Waals surface area contributed by atoms with Crippen molar-refractivity contribution in [3.8, 4) is 0 Å². The fourth-order valence-electron chi connectivity index (χ4n) is 2.71. The second kappa shape index (κ2) is 5.71. The van der Waals surface area contributed by atoms with Gasteiger partial charge in [-0.15, -0.1) is 0 Å². The van der Waals surface area contributed by atoms with Crippen LogP contribution in [0.2, 0.25) is 0 Å². The van der Waals surface area contributed by atoms with E-state index >= 15 is 0 Å². The number of nitrogens with two attached hydrogens (primary N) is 1. The van der Waals surface area contributed by atoms with Crippen molar-refractivity contribution in [1.82, 2.24) is 0 Å². The first-order valence-electron chi connectivity index (χ1n) is 5.96. The second-order valence-electron chi connectivity index (χ2n) is 4.86. The number of piperidine rings is 1. The number of hydrogen-bond acceptors (Lipinski definition) is 2. The van der Waals surface area contributed by atoms with Crippen LogP contribution in [0.5, 0.6) is 0 Å². The zero-order valence-electron chi connectivity index (χ0n) is 9.68. The average Bonchev–Trinajstić information content (AvgIpc) is 2.67. The highest BCUT2D eigenvalue weighted by atomic mass is 19.4. The van der Waals surface area contributed by atoms with Crippen molar-refractivity contribution in [2.24, 2.45) is 5.41 Å². The number of carboxylic acids is 1. The number of carbonyl (C=O) groups excluding carboxylic acids is 1. The summed E-state index contributed by atoms with van der Waals surface area (Å²) in [6, 6.07) is 0. The molecule has 2 N–H and O–H groups in total. The molecule has 0 aromatic rings. The molecule has 0 aromatic heterocycles. The number of aliphatic carboxylic acids is 1. The average molecular weight is 253 g/mol. The second-order valence-corrected chi connectivity index (χ2v) is 4.86. The number of quaternary nitrogens is 1. The molecule has 1 heterocycles. The molecule has 1 saturated heterocycles. The smallest absolute Gasteiger partial charge is 0.430 e. The SMILES string of the molecule is C1CCC2(C1)CC[NH2+]CC2.O=C([O-])C(F)(F)F. The van der Waals surface area contributed by atoms with Crippen molar-refractivity contribution in [2.75, 3.05) is 13.1 Å². The van der Waals surface area contributed by atoms with E-state index in [-0.39, 0.29) is 0 Å². The molecule has 2 aliphatic rings. The molecular weight excluding hydrogens is 235 g/mol. The Balaban J connectivity index is 0.000000185. The lowest BCUT2D eigenvalue weighted by atomic mass is 9.78. The van der Waals surface area contributed by atoms with Gasteiger partial charge in [0, 0.05) is 12.8 Å². The van der Waals surface area contributed by atoms with Crippen LogP contribution in [-0.4, -0.2) is 25.2 Å². The van der Waals surface area contributed by atoms with Crippen LogP contribution in [0.1, 0.15) is 38.5 Å². The van der Waals surface area contributed by atoms with E-state index in [1.54, 1.807) is 12.8 Å². The molecule has 0 bridgehead atoms. The molecule has 3 nitrogen and oxygen atoms in total. The summed E-state index contributed by atoms with van der Waals surface area (Å²) in [6.07, 6.45) is 3.93. The summed E-state index contributed by atoms with van der Waals surface area (Å²) in [7, 11) is 0. The Kier molecular flexibility index (Phi) is 4.80. The fraction of sp³-hybridized carbons (Fsp3) is 0.909. The van der Waals surface area contributed by atoms with Crippen LogP contribution in [0, 0.1) is 5.41 Å². The van der Waals surface area contributed by atoms with E-state index in [0.717, 1.165) is 5.41 Å². The molecule has 0 amide bonds. The van der Waals surface area contributed by atoms with E-state index in [2.05, 4.69) is 5.32 Å². The topological polar surface area (TPSA) is 56.7 Å². The van der Waals surface area contributed by atoms with Crippen molar-refractivity contribution in [3.63, 3.8) is 0 Å². The largest absolute Gasteiger partial charge is 0.542 e. The number of alkyl halides is 3. The normalized spacial score (nSPS) is 23.0. The van der Waals surface area contributed by atoms with Crippen LogP contribution in [0.25, 0.3) is 0 Å². The van der Waals surface area contributed by atoms with E-state index in [1.165, 1.54) is 38.8 Å². The van der Waals surface area contributed by atoms with Gasteiger partial charge in [-0.2, -0.15) is 13.2 Å². The van der Waals surface area contributed by atoms with Gasteiger partial charge in [0.15, 0.2) is 0 Å². The van der Waals surface area contributed by atoms with Gasteiger partial charge in [-0.05, 0) is 18.3 Å². The van der Waals surface area contributed by atoms with E-state index < -0.39 is 12.1 Å². The van der Waals surface area contributed by atoms with Gasteiger partial charge in [0.1, 0.15) is 5.97 Å². The van der Waals surface area contributed by atoms with E-state index in [1.807, 2.05) is 0 Å². The Hall–Kier alpha value is -0.780. The minimum atomic E-state index is -5.19. The Bertz CT molecular complexity index is 252. The highest BCUT2D eigenvalue weighted by Gasteiger charge is 2.36. The molecule has 1 aliphatic carbocycles. The van der Waals surface area contributed by atoms with E-state index in [4.69, 9.17) is 9.90 Å². The Labute approximate surface area is 98.4 Å². The van der Waals surface area contributed by atoms with Gasteiger partial charge in [0.05, 0.1) is 13.1 Å². The summed E-state index contributed by atoms with van der Waals surface area (Å²) in [5.41, 5.74) is 0.842. The maximum atomic E-state index is 10.5. The summed E-state index contributed by atoms with van der Waals surface area (Å²) >= 11 is 0. The maximum Gasteiger partial charge on any atom is 0.430 e. The molecule has 0 aromatic carbocycles. The Morgan fingerprint density at radius 2 is 1.47 bits per heavy atom. The van der Waals surface area contributed by atoms with Gasteiger partial charge in [0.25, 0.3) is 0 Å². The number of rotatable bonds is 0. The molecule has 17 heavy (non-hydrogen) atoms. The number of halogens is 3. The third kappa shape index (κ3) is 4.53. The molecule has 6 heteroatoms. The minimum Gasteiger partial charge on any atom is -0.542 e. The van der Waals surface area contributed by atoms with Crippen molar-refractivity contribution in [1.29, 1.82) is 0 Å². The van der Waals surface area contributed by atoms with Crippen LogP contribution < -0.4 is 10.4 Å². The predicted molar refractivity (Wildman–Crippen MR) is 52.9 cm³/mol. The first kappa shape index (κ1) is 14.3. The van der Waals surface area contributed by atoms with Crippen LogP contribution in [0.4, 0.5) is 13.2 Å². The quantitative estimate of drug-likeness (QED) is 0.670. The lowest BCUT2D eigenvalue weighted by Gasteiger charge is -2.31. The molecule has 0 unspecified atom stereocenters. The summed E-state index contributed by atoms with van der Waals surface area (Å²) in [5.74, 6) is -3.01. The summed E-state index contributed by atoms with van der Waals surface area (Å²) in [4.78, 5) is 8.78. The first-order valence-corrected chi connectivity index (χ1v) is 5.96. The van der Waals surface area contributed by atoms with Gasteiger partial charge in [-0.25, -0.2) is 0 Å². The maximum absolute atomic E-state index is 10.5. The third-order valence-corrected chi connectivity index (χ3v) is 3.65. The highest BCUT2D eigenvalue weighted by molar-refractivity contribution is 5.70. The van der Waals surface area contributed by atoms with Crippen molar-refractivity contribution < 1.29 is 28.4 Å². The van der Waals surface area contributed by atoms with Gasteiger partial charge in [0.2, 0.25) is 0 Å². The number of carboxylic acid groups (broad SMARTS) is 1. The zero-order valence-corrected chi connectivity index (χ0v) is 9.68. The van der Waals surface area contributed by atoms with E-state index in [0.29, 0.717) is 0 Å². The third-order valence-electron chi connectivity index (χ3n) is 3.65. The van der Waals surface area contributed by atoms with Gasteiger partial charge in [-0.3, -0.25) is 0 Å². The fourth-order valence-corrected chi connectivity index (χ4v) is 2.71. The first-order chi connectivity index (χ1) is 7.86. The van der Waals surface area contributed by atoms with Gasteiger partial charge in [-0.1, -0.05) is 12.8 Å². The molecule has 100 valence electrons. The lowest BCUT2D eigenvalue weighted by molar-refractivity contribution is -0.667. The van der Waals surface area contributed by atoms with Crippen LogP contribution in [0.15, 0.2) is 0 Å². The summed E-state index contributed by atoms with van der Waals surface area (Å²) in [5, 5.41) is 11.3. The van der Waals surface area contributed by atoms with Gasteiger partial charge < -0.3 is 15.2 Å². The lowest BCUT2D eigenvalue weighted by Crippen LogP contribution is -2.87. The monoisotopic (exact) mass is 253 g/mol. The Morgan fingerprint density at radius 1 is 1.06 bits per heavy atom. The van der Waals surface area contributed by atoms with E-state index in [9.17, 15) is 13.2 Å². The summed E-state index contributed by atoms with van der Waals surface area (Å²) < 4.78 is 31.5. The molecule has 2 rings (SSSR count). The molecule has 2 fully saturated rings. The molecule has 0 radical (unpaired) electrons. The molecule has 1 saturated carbocycles. The molecule has 0 atom stereocenters. The molecular formula is C11H18F3NO2. The number of hydrogen-bond donors (Lipinski definition) is 1. The van der Waals surface area contributed by atoms with Crippen molar-refractivity contribution in [3.05, 3.63) is 0 Å². The summed E-state index contributed by atoms with van der Waals surface area (Å²) in [6.45, 7) is 2.81. The standard InChI is InChI=1S/C9H17N.C2HF3O2/c1-2-4-9(3-1)5-7-10-8-6-9;3-2(4,5)1(6)7/h10H,1-8H2;(H,6,7). The van der Waals surface area contributed by atoms with Crippen molar-refractivity contribution >= 4 is 5.97 Å². The predicted octanol–water partition coefficient (Wildman–Crippen LogP) is 0.203. The van der Waals surface area contributed by atoms with Gasteiger partial charge >= 0.3 is 6.18 Å².